The summed E-state index contributed by atoms with van der Waals surface area (Å²) in [5.74, 6) is -0.483. The Hall–Kier alpha value is -1.50. The Bertz CT molecular complexity index is 432. The summed E-state index contributed by atoms with van der Waals surface area (Å²) in [6.45, 7) is 3.03. The molecule has 0 radical (unpaired) electrons. The van der Waals surface area contributed by atoms with E-state index in [0.717, 1.165) is 0 Å². The quantitative estimate of drug-likeness (QED) is 0.528. The smallest absolute Gasteiger partial charge is 0.128 e. The molecule has 3 N–H and O–H groups in total. The second kappa shape index (κ2) is 8.63. The molecule has 0 fully saturated rings. The van der Waals surface area contributed by atoms with Gasteiger partial charge in [0.25, 0.3) is 0 Å². The molecule has 1 aromatic rings. The Balaban J connectivity index is 2.73. The SMILES string of the molecule is COCCN(CCOC)Cc1ccc(C(=N)N)cc1F. The van der Waals surface area contributed by atoms with E-state index in [4.69, 9.17) is 20.6 Å². The predicted molar refractivity (Wildman–Crippen MR) is 76.4 cm³/mol. The van der Waals surface area contributed by atoms with Gasteiger partial charge in [-0.25, -0.2) is 4.39 Å². The Labute approximate surface area is 119 Å². The molecule has 0 aliphatic carbocycles. The molecule has 0 aliphatic rings. The molecule has 0 unspecified atom stereocenters. The lowest BCUT2D eigenvalue weighted by molar-refractivity contribution is 0.109. The van der Waals surface area contributed by atoms with Crippen LogP contribution in [0.25, 0.3) is 0 Å². The molecule has 0 saturated heterocycles. The molecular formula is C14H22FN3O2. The van der Waals surface area contributed by atoms with Crippen LogP contribution < -0.4 is 5.73 Å². The molecule has 0 heterocycles. The van der Waals surface area contributed by atoms with Crippen LogP contribution >= 0.6 is 0 Å². The lowest BCUT2D eigenvalue weighted by atomic mass is 10.1. The zero-order valence-electron chi connectivity index (χ0n) is 12.0. The summed E-state index contributed by atoms with van der Waals surface area (Å²) in [5, 5.41) is 7.29. The van der Waals surface area contributed by atoms with Crippen molar-refractivity contribution < 1.29 is 13.9 Å². The number of nitrogens with one attached hydrogen (secondary N) is 1. The number of hydrogen-bond acceptors (Lipinski definition) is 4. The molecule has 1 rings (SSSR count). The van der Waals surface area contributed by atoms with Gasteiger partial charge in [0.15, 0.2) is 0 Å². The molecule has 0 aliphatic heterocycles. The Morgan fingerprint density at radius 3 is 2.30 bits per heavy atom. The maximum absolute atomic E-state index is 14.0. The van der Waals surface area contributed by atoms with Crippen LogP contribution in [-0.2, 0) is 16.0 Å². The normalized spacial score (nSPS) is 11.0. The maximum Gasteiger partial charge on any atom is 0.128 e. The number of amidine groups is 1. The van der Waals surface area contributed by atoms with Crippen molar-refractivity contribution in [1.29, 1.82) is 5.41 Å². The second-order valence-electron chi connectivity index (χ2n) is 4.48. The Morgan fingerprint density at radius 1 is 1.25 bits per heavy atom. The first-order valence-electron chi connectivity index (χ1n) is 6.41. The lowest BCUT2D eigenvalue weighted by Gasteiger charge is -2.22. The third kappa shape index (κ3) is 5.24. The van der Waals surface area contributed by atoms with Gasteiger partial charge in [0.05, 0.1) is 13.2 Å². The third-order valence-corrected chi connectivity index (χ3v) is 2.98. The molecule has 20 heavy (non-hydrogen) atoms. The molecular weight excluding hydrogens is 261 g/mol. The molecule has 5 nitrogen and oxygen atoms in total. The van der Waals surface area contributed by atoms with Gasteiger partial charge >= 0.3 is 0 Å². The van der Waals surface area contributed by atoms with Crippen molar-refractivity contribution in [3.63, 3.8) is 0 Å². The van der Waals surface area contributed by atoms with Gasteiger partial charge in [0.1, 0.15) is 11.7 Å². The third-order valence-electron chi connectivity index (χ3n) is 2.98. The molecule has 0 atom stereocenters. The van der Waals surface area contributed by atoms with Gasteiger partial charge in [-0.1, -0.05) is 12.1 Å². The summed E-state index contributed by atoms with van der Waals surface area (Å²) in [7, 11) is 3.27. The van der Waals surface area contributed by atoms with Crippen LogP contribution in [0.3, 0.4) is 0 Å². The fourth-order valence-electron chi connectivity index (χ4n) is 1.79. The number of nitrogens with two attached hydrogens (primary N) is 1. The van der Waals surface area contributed by atoms with E-state index in [0.29, 0.717) is 44.0 Å². The van der Waals surface area contributed by atoms with E-state index in [1.54, 1.807) is 26.4 Å². The highest BCUT2D eigenvalue weighted by atomic mass is 19.1. The molecule has 1 aromatic carbocycles. The molecule has 0 aromatic heterocycles. The minimum Gasteiger partial charge on any atom is -0.384 e. The van der Waals surface area contributed by atoms with Crippen molar-refractivity contribution >= 4 is 5.84 Å². The van der Waals surface area contributed by atoms with Crippen LogP contribution in [0.15, 0.2) is 18.2 Å². The number of ether oxygens (including phenoxy) is 2. The number of hydrogen-bond donors (Lipinski definition) is 2. The average Bonchev–Trinajstić information content (AvgIpc) is 2.43. The topological polar surface area (TPSA) is 71.6 Å². The van der Waals surface area contributed by atoms with Crippen LogP contribution in [0.2, 0.25) is 0 Å². The van der Waals surface area contributed by atoms with Crippen LogP contribution in [0, 0.1) is 11.2 Å². The number of methoxy groups -OCH3 is 2. The summed E-state index contributed by atoms with van der Waals surface area (Å²) < 4.78 is 24.1. The van der Waals surface area contributed by atoms with Crippen molar-refractivity contribution in [3.8, 4) is 0 Å². The van der Waals surface area contributed by atoms with Crippen molar-refractivity contribution in [3.05, 3.63) is 35.1 Å². The van der Waals surface area contributed by atoms with E-state index in [1.807, 2.05) is 0 Å². The average molecular weight is 283 g/mol. The van der Waals surface area contributed by atoms with Crippen molar-refractivity contribution in [2.45, 2.75) is 6.54 Å². The van der Waals surface area contributed by atoms with Crippen LogP contribution in [0.1, 0.15) is 11.1 Å². The Kier molecular flexibility index (Phi) is 7.14. The Morgan fingerprint density at radius 2 is 1.85 bits per heavy atom. The molecule has 0 bridgehead atoms. The molecule has 0 amide bonds. The summed E-state index contributed by atoms with van der Waals surface area (Å²) >= 11 is 0. The number of halogens is 1. The number of benzene rings is 1. The molecule has 0 saturated carbocycles. The van der Waals surface area contributed by atoms with Gasteiger partial charge in [-0.3, -0.25) is 10.3 Å². The number of nitrogen functional groups attached to an aromatic ring is 1. The van der Waals surface area contributed by atoms with Crippen molar-refractivity contribution in [1.82, 2.24) is 4.90 Å². The van der Waals surface area contributed by atoms with Crippen LogP contribution in [0.4, 0.5) is 4.39 Å². The van der Waals surface area contributed by atoms with Gasteiger partial charge in [0.2, 0.25) is 0 Å². The van der Waals surface area contributed by atoms with Gasteiger partial charge < -0.3 is 15.2 Å². The first-order valence-corrected chi connectivity index (χ1v) is 6.41. The van der Waals surface area contributed by atoms with Gasteiger partial charge in [-0.05, 0) is 6.07 Å². The number of rotatable bonds is 9. The fourth-order valence-corrected chi connectivity index (χ4v) is 1.79. The highest BCUT2D eigenvalue weighted by molar-refractivity contribution is 5.94. The van der Waals surface area contributed by atoms with E-state index in [-0.39, 0.29) is 11.7 Å². The first-order chi connectivity index (χ1) is 9.58. The summed E-state index contributed by atoms with van der Waals surface area (Å²) in [6, 6.07) is 4.62. The molecule has 112 valence electrons. The van der Waals surface area contributed by atoms with E-state index in [2.05, 4.69) is 4.90 Å². The standard InChI is InChI=1S/C14H22FN3O2/c1-19-7-5-18(6-8-20-2)10-12-4-3-11(14(16)17)9-13(12)15/h3-4,9H,5-8,10H2,1-2H3,(H3,16,17). The van der Waals surface area contributed by atoms with Crippen LogP contribution in [0.5, 0.6) is 0 Å². The van der Waals surface area contributed by atoms with Gasteiger partial charge in [0, 0.05) is 45.0 Å². The second-order valence-corrected chi connectivity index (χ2v) is 4.48. The van der Waals surface area contributed by atoms with Crippen LogP contribution in [-0.4, -0.2) is 51.3 Å². The molecule has 0 spiro atoms. The highest BCUT2D eigenvalue weighted by Gasteiger charge is 2.10. The van der Waals surface area contributed by atoms with E-state index < -0.39 is 0 Å². The van der Waals surface area contributed by atoms with E-state index >= 15 is 0 Å². The summed E-state index contributed by atoms with van der Waals surface area (Å²) in [5.41, 5.74) is 6.31. The van der Waals surface area contributed by atoms with E-state index in [9.17, 15) is 4.39 Å². The lowest BCUT2D eigenvalue weighted by Crippen LogP contribution is -2.30. The fraction of sp³-hybridized carbons (Fsp3) is 0.500. The highest BCUT2D eigenvalue weighted by Crippen LogP contribution is 2.13. The first kappa shape index (κ1) is 16.6. The number of nitrogens with zero attached hydrogens (tertiary/aromatic N) is 1. The van der Waals surface area contributed by atoms with Gasteiger partial charge in [-0.2, -0.15) is 0 Å². The maximum atomic E-state index is 14.0. The summed E-state index contributed by atoms with van der Waals surface area (Å²) in [6.07, 6.45) is 0. The predicted octanol–water partition coefficient (Wildman–Crippen LogP) is 1.20. The monoisotopic (exact) mass is 283 g/mol. The van der Waals surface area contributed by atoms with Crippen molar-refractivity contribution in [2.75, 3.05) is 40.5 Å². The zero-order valence-corrected chi connectivity index (χ0v) is 12.0. The van der Waals surface area contributed by atoms with Gasteiger partial charge in [-0.15, -0.1) is 0 Å². The van der Waals surface area contributed by atoms with E-state index in [1.165, 1.54) is 6.07 Å². The van der Waals surface area contributed by atoms with Crippen molar-refractivity contribution in [2.24, 2.45) is 5.73 Å². The summed E-state index contributed by atoms with van der Waals surface area (Å²) in [4.78, 5) is 2.05. The minimum atomic E-state index is -0.350. The zero-order chi connectivity index (χ0) is 15.0. The largest absolute Gasteiger partial charge is 0.384 e. The minimum absolute atomic E-state index is 0.133. The molecule has 6 heteroatoms.